The third kappa shape index (κ3) is 5.14. The van der Waals surface area contributed by atoms with Gasteiger partial charge in [0.25, 0.3) is 5.91 Å². The Balaban J connectivity index is 2.56. The lowest BCUT2D eigenvalue weighted by Gasteiger charge is -2.20. The van der Waals surface area contributed by atoms with Crippen LogP contribution < -0.4 is 15.8 Å². The van der Waals surface area contributed by atoms with Crippen LogP contribution in [-0.4, -0.2) is 23.0 Å². The highest BCUT2D eigenvalue weighted by Gasteiger charge is 2.13. The van der Waals surface area contributed by atoms with Crippen LogP contribution >= 0.6 is 12.2 Å². The summed E-state index contributed by atoms with van der Waals surface area (Å²) in [6.45, 7) is 5.72. The fourth-order valence-corrected chi connectivity index (χ4v) is 1.47. The number of hydrogen-bond donors (Lipinski definition) is 2. The van der Waals surface area contributed by atoms with Crippen molar-refractivity contribution in [3.05, 3.63) is 29.8 Å². The van der Waals surface area contributed by atoms with Crippen molar-refractivity contribution in [2.75, 3.05) is 6.61 Å². The number of benzene rings is 1. The van der Waals surface area contributed by atoms with Crippen molar-refractivity contribution in [3.63, 3.8) is 0 Å². The molecular weight excluding hydrogens is 248 g/mol. The third-order valence-electron chi connectivity index (χ3n) is 2.00. The summed E-state index contributed by atoms with van der Waals surface area (Å²) in [5.41, 5.74) is 5.98. The van der Waals surface area contributed by atoms with E-state index in [4.69, 9.17) is 22.7 Å². The summed E-state index contributed by atoms with van der Waals surface area (Å²) in [7, 11) is 0. The first-order chi connectivity index (χ1) is 8.28. The largest absolute Gasteiger partial charge is 0.484 e. The summed E-state index contributed by atoms with van der Waals surface area (Å²) >= 11 is 4.87. The summed E-state index contributed by atoms with van der Waals surface area (Å²) in [6, 6.07) is 7.05. The minimum atomic E-state index is -0.263. The topological polar surface area (TPSA) is 64.3 Å². The van der Waals surface area contributed by atoms with E-state index < -0.39 is 0 Å². The summed E-state index contributed by atoms with van der Waals surface area (Å²) in [5.74, 6) is 0.410. The second-order valence-electron chi connectivity index (χ2n) is 4.98. The molecule has 0 aliphatic heterocycles. The van der Waals surface area contributed by atoms with Crippen molar-refractivity contribution < 1.29 is 9.53 Å². The molecule has 0 radical (unpaired) electrons. The van der Waals surface area contributed by atoms with E-state index >= 15 is 0 Å². The van der Waals surface area contributed by atoms with Crippen molar-refractivity contribution >= 4 is 23.1 Å². The van der Waals surface area contributed by atoms with Gasteiger partial charge < -0.3 is 15.8 Å². The standard InChI is InChI=1S/C13H18N2O2S/c1-13(2,3)15-11(16)8-17-10-6-4-5-9(7-10)12(14)18/h4-7H,8H2,1-3H3,(H2,14,18)(H,15,16). The number of amides is 1. The molecule has 0 aliphatic carbocycles. The quantitative estimate of drug-likeness (QED) is 0.813. The van der Waals surface area contributed by atoms with Gasteiger partial charge in [-0.05, 0) is 32.9 Å². The van der Waals surface area contributed by atoms with Crippen molar-refractivity contribution in [1.82, 2.24) is 5.32 Å². The van der Waals surface area contributed by atoms with Crippen LogP contribution in [0.5, 0.6) is 5.75 Å². The van der Waals surface area contributed by atoms with Gasteiger partial charge in [0, 0.05) is 11.1 Å². The molecule has 0 aliphatic rings. The normalized spacial score (nSPS) is 10.8. The van der Waals surface area contributed by atoms with Crippen LogP contribution in [0.3, 0.4) is 0 Å². The molecule has 0 fully saturated rings. The van der Waals surface area contributed by atoms with E-state index in [1.54, 1.807) is 24.3 Å². The second-order valence-corrected chi connectivity index (χ2v) is 5.42. The predicted octanol–water partition coefficient (Wildman–Crippen LogP) is 1.61. The molecule has 18 heavy (non-hydrogen) atoms. The molecule has 5 heteroatoms. The zero-order valence-electron chi connectivity index (χ0n) is 10.8. The highest BCUT2D eigenvalue weighted by atomic mass is 32.1. The zero-order valence-corrected chi connectivity index (χ0v) is 11.6. The van der Waals surface area contributed by atoms with Gasteiger partial charge in [-0.2, -0.15) is 0 Å². The molecule has 3 N–H and O–H groups in total. The maximum atomic E-state index is 11.6. The van der Waals surface area contributed by atoms with Gasteiger partial charge in [0.2, 0.25) is 0 Å². The number of nitrogens with one attached hydrogen (secondary N) is 1. The van der Waals surface area contributed by atoms with Gasteiger partial charge in [-0.25, -0.2) is 0 Å². The summed E-state index contributed by atoms with van der Waals surface area (Å²) in [4.78, 5) is 11.9. The van der Waals surface area contributed by atoms with Gasteiger partial charge in [-0.1, -0.05) is 24.4 Å². The fourth-order valence-electron chi connectivity index (χ4n) is 1.34. The minimum Gasteiger partial charge on any atom is -0.484 e. The number of carbonyl (C=O) groups excluding carboxylic acids is 1. The number of thiocarbonyl (C=S) groups is 1. The van der Waals surface area contributed by atoms with E-state index in [0.29, 0.717) is 10.7 Å². The Hall–Kier alpha value is -1.62. The highest BCUT2D eigenvalue weighted by molar-refractivity contribution is 7.80. The SMILES string of the molecule is CC(C)(C)NC(=O)COc1cccc(C(N)=S)c1. The molecule has 4 nitrogen and oxygen atoms in total. The maximum absolute atomic E-state index is 11.6. The molecular formula is C13H18N2O2S. The van der Waals surface area contributed by atoms with Gasteiger partial charge in [0.05, 0.1) is 0 Å². The zero-order chi connectivity index (χ0) is 13.8. The molecule has 0 saturated carbocycles. The summed E-state index contributed by atoms with van der Waals surface area (Å²) < 4.78 is 5.38. The van der Waals surface area contributed by atoms with Crippen LogP contribution in [0.25, 0.3) is 0 Å². The van der Waals surface area contributed by atoms with Crippen molar-refractivity contribution in [2.45, 2.75) is 26.3 Å². The molecule has 0 atom stereocenters. The minimum absolute atomic E-state index is 0.0297. The van der Waals surface area contributed by atoms with Crippen LogP contribution in [0.2, 0.25) is 0 Å². The molecule has 0 aromatic heterocycles. The lowest BCUT2D eigenvalue weighted by Crippen LogP contribution is -2.43. The first kappa shape index (κ1) is 14.4. The molecule has 0 unspecified atom stereocenters. The smallest absolute Gasteiger partial charge is 0.258 e. The number of nitrogens with two attached hydrogens (primary N) is 1. The van der Waals surface area contributed by atoms with Crippen LogP contribution in [0, 0.1) is 0 Å². The monoisotopic (exact) mass is 266 g/mol. The van der Waals surface area contributed by atoms with Gasteiger partial charge >= 0.3 is 0 Å². The molecule has 1 aromatic rings. The average Bonchev–Trinajstić information content (AvgIpc) is 2.24. The Kier molecular flexibility index (Phi) is 4.67. The van der Waals surface area contributed by atoms with Crippen LogP contribution in [0.1, 0.15) is 26.3 Å². The molecule has 0 bridgehead atoms. The van der Waals surface area contributed by atoms with Crippen LogP contribution in [-0.2, 0) is 4.79 Å². The maximum Gasteiger partial charge on any atom is 0.258 e. The summed E-state index contributed by atoms with van der Waals surface area (Å²) in [6.07, 6.45) is 0. The first-order valence-electron chi connectivity index (χ1n) is 5.61. The number of ether oxygens (including phenoxy) is 1. The molecule has 1 aromatic carbocycles. The van der Waals surface area contributed by atoms with Crippen molar-refractivity contribution in [2.24, 2.45) is 5.73 Å². The second kappa shape index (κ2) is 5.82. The van der Waals surface area contributed by atoms with Crippen LogP contribution in [0.15, 0.2) is 24.3 Å². The van der Waals surface area contributed by atoms with E-state index in [-0.39, 0.29) is 18.1 Å². The van der Waals surface area contributed by atoms with Crippen LogP contribution in [0.4, 0.5) is 0 Å². The van der Waals surface area contributed by atoms with Crippen molar-refractivity contribution in [1.29, 1.82) is 0 Å². The molecule has 0 saturated heterocycles. The molecule has 0 spiro atoms. The average molecular weight is 266 g/mol. The summed E-state index contributed by atoms with van der Waals surface area (Å²) in [5, 5.41) is 2.81. The van der Waals surface area contributed by atoms with Gasteiger partial charge in [0.15, 0.2) is 6.61 Å². The molecule has 1 rings (SSSR count). The fraction of sp³-hybridized carbons (Fsp3) is 0.385. The van der Waals surface area contributed by atoms with Gasteiger partial charge in [-0.15, -0.1) is 0 Å². The van der Waals surface area contributed by atoms with E-state index in [0.717, 1.165) is 5.56 Å². The lowest BCUT2D eigenvalue weighted by molar-refractivity contribution is -0.124. The van der Waals surface area contributed by atoms with E-state index in [9.17, 15) is 4.79 Å². The Morgan fingerprint density at radius 3 is 2.67 bits per heavy atom. The molecule has 1 amide bonds. The molecule has 98 valence electrons. The Bertz CT molecular complexity index is 453. The Morgan fingerprint density at radius 2 is 2.11 bits per heavy atom. The van der Waals surface area contributed by atoms with Gasteiger partial charge in [-0.3, -0.25) is 4.79 Å². The number of hydrogen-bond acceptors (Lipinski definition) is 3. The highest BCUT2D eigenvalue weighted by Crippen LogP contribution is 2.13. The molecule has 0 heterocycles. The Morgan fingerprint density at radius 1 is 1.44 bits per heavy atom. The van der Waals surface area contributed by atoms with Gasteiger partial charge in [0.1, 0.15) is 10.7 Å². The third-order valence-corrected chi connectivity index (χ3v) is 2.24. The van der Waals surface area contributed by atoms with E-state index in [1.807, 2.05) is 20.8 Å². The number of rotatable bonds is 4. The predicted molar refractivity (Wildman–Crippen MR) is 75.7 cm³/mol. The van der Waals surface area contributed by atoms with Crippen molar-refractivity contribution in [3.8, 4) is 5.75 Å². The number of carbonyl (C=O) groups is 1. The lowest BCUT2D eigenvalue weighted by atomic mass is 10.1. The van der Waals surface area contributed by atoms with E-state index in [2.05, 4.69) is 5.32 Å². The Labute approximate surface area is 113 Å². The van der Waals surface area contributed by atoms with E-state index in [1.165, 1.54) is 0 Å². The first-order valence-corrected chi connectivity index (χ1v) is 6.02.